The van der Waals surface area contributed by atoms with Crippen LogP contribution in [-0.4, -0.2) is 36.5 Å². The first-order valence-corrected chi connectivity index (χ1v) is 8.15. The SMILES string of the molecule is CC1CCc2c(C(=O)N3CCNCC3C)csc2C1. The molecule has 19 heavy (non-hydrogen) atoms. The third-order valence-corrected chi connectivity index (χ3v) is 5.45. The number of rotatable bonds is 1. The molecule has 2 unspecified atom stereocenters. The van der Waals surface area contributed by atoms with Gasteiger partial charge < -0.3 is 10.2 Å². The molecule has 1 saturated heterocycles. The quantitative estimate of drug-likeness (QED) is 0.855. The Morgan fingerprint density at radius 1 is 1.47 bits per heavy atom. The Kier molecular flexibility index (Phi) is 3.63. The molecule has 0 aromatic carbocycles. The lowest BCUT2D eigenvalue weighted by Crippen LogP contribution is -2.52. The van der Waals surface area contributed by atoms with Crippen LogP contribution < -0.4 is 5.32 Å². The van der Waals surface area contributed by atoms with E-state index in [9.17, 15) is 4.79 Å². The van der Waals surface area contributed by atoms with Crippen LogP contribution in [0.4, 0.5) is 0 Å². The van der Waals surface area contributed by atoms with Crippen molar-refractivity contribution < 1.29 is 4.79 Å². The second-order valence-electron chi connectivity index (χ2n) is 5.95. The van der Waals surface area contributed by atoms with Crippen molar-refractivity contribution in [3.63, 3.8) is 0 Å². The first kappa shape index (κ1) is 13.1. The average molecular weight is 278 g/mol. The summed E-state index contributed by atoms with van der Waals surface area (Å²) in [6.07, 6.45) is 3.47. The maximum Gasteiger partial charge on any atom is 0.255 e. The van der Waals surface area contributed by atoms with E-state index >= 15 is 0 Å². The highest BCUT2D eigenvalue weighted by molar-refractivity contribution is 7.10. The summed E-state index contributed by atoms with van der Waals surface area (Å²) in [7, 11) is 0. The zero-order valence-electron chi connectivity index (χ0n) is 11.7. The Balaban J connectivity index is 1.84. The van der Waals surface area contributed by atoms with Gasteiger partial charge in [-0.15, -0.1) is 11.3 Å². The molecule has 1 amide bonds. The number of thiophene rings is 1. The van der Waals surface area contributed by atoms with Crippen molar-refractivity contribution in [3.05, 3.63) is 21.4 Å². The number of hydrogen-bond donors (Lipinski definition) is 1. The van der Waals surface area contributed by atoms with Crippen molar-refractivity contribution >= 4 is 17.2 Å². The van der Waals surface area contributed by atoms with Gasteiger partial charge in [0.25, 0.3) is 5.91 Å². The van der Waals surface area contributed by atoms with Gasteiger partial charge in [-0.1, -0.05) is 6.92 Å². The molecule has 2 atom stereocenters. The molecule has 0 bridgehead atoms. The van der Waals surface area contributed by atoms with Gasteiger partial charge in [-0.2, -0.15) is 0 Å². The number of piperazine rings is 1. The molecule has 1 fully saturated rings. The van der Waals surface area contributed by atoms with E-state index in [0.29, 0.717) is 6.04 Å². The Morgan fingerprint density at radius 2 is 2.32 bits per heavy atom. The molecule has 0 radical (unpaired) electrons. The van der Waals surface area contributed by atoms with E-state index in [4.69, 9.17) is 0 Å². The van der Waals surface area contributed by atoms with Crippen LogP contribution in [0.3, 0.4) is 0 Å². The number of fused-ring (bicyclic) bond motifs is 1. The van der Waals surface area contributed by atoms with Crippen molar-refractivity contribution in [2.75, 3.05) is 19.6 Å². The Bertz CT molecular complexity index is 482. The van der Waals surface area contributed by atoms with Crippen LogP contribution in [0, 0.1) is 5.92 Å². The van der Waals surface area contributed by atoms with Gasteiger partial charge in [-0.25, -0.2) is 0 Å². The van der Waals surface area contributed by atoms with Crippen LogP contribution in [0.1, 0.15) is 41.1 Å². The van der Waals surface area contributed by atoms with Gasteiger partial charge in [-0.05, 0) is 37.7 Å². The van der Waals surface area contributed by atoms with E-state index in [0.717, 1.165) is 44.0 Å². The van der Waals surface area contributed by atoms with Crippen LogP contribution >= 0.6 is 11.3 Å². The minimum absolute atomic E-state index is 0.251. The monoisotopic (exact) mass is 278 g/mol. The molecule has 1 aromatic heterocycles. The number of nitrogens with zero attached hydrogens (tertiary/aromatic N) is 1. The van der Waals surface area contributed by atoms with E-state index in [-0.39, 0.29) is 5.91 Å². The molecule has 1 aliphatic carbocycles. The van der Waals surface area contributed by atoms with E-state index in [1.165, 1.54) is 16.9 Å². The van der Waals surface area contributed by atoms with Crippen LogP contribution in [0.15, 0.2) is 5.38 Å². The third kappa shape index (κ3) is 2.43. The molecule has 1 aromatic rings. The summed E-state index contributed by atoms with van der Waals surface area (Å²) in [6.45, 7) is 7.10. The summed E-state index contributed by atoms with van der Waals surface area (Å²) in [4.78, 5) is 16.2. The molecule has 3 nitrogen and oxygen atoms in total. The van der Waals surface area contributed by atoms with E-state index in [1.54, 1.807) is 11.3 Å². The Labute approximate surface area is 119 Å². The Morgan fingerprint density at radius 3 is 3.11 bits per heavy atom. The molecule has 1 aliphatic heterocycles. The maximum absolute atomic E-state index is 12.7. The molecule has 2 heterocycles. The normalized spacial score (nSPS) is 27.2. The molecule has 104 valence electrons. The van der Waals surface area contributed by atoms with E-state index in [1.807, 2.05) is 4.90 Å². The summed E-state index contributed by atoms with van der Waals surface area (Å²) in [5.74, 6) is 1.02. The molecular weight excluding hydrogens is 256 g/mol. The van der Waals surface area contributed by atoms with Crippen molar-refractivity contribution in [1.29, 1.82) is 0 Å². The lowest BCUT2D eigenvalue weighted by Gasteiger charge is -2.34. The van der Waals surface area contributed by atoms with Gasteiger partial charge in [0.2, 0.25) is 0 Å². The third-order valence-electron chi connectivity index (χ3n) is 4.39. The van der Waals surface area contributed by atoms with Gasteiger partial charge in [0.1, 0.15) is 0 Å². The average Bonchev–Trinajstić information content (AvgIpc) is 2.81. The zero-order valence-corrected chi connectivity index (χ0v) is 12.6. The van der Waals surface area contributed by atoms with Crippen molar-refractivity contribution in [2.45, 2.75) is 39.2 Å². The summed E-state index contributed by atoms with van der Waals surface area (Å²) in [5.41, 5.74) is 2.33. The number of nitrogens with one attached hydrogen (secondary N) is 1. The smallest absolute Gasteiger partial charge is 0.255 e. The van der Waals surface area contributed by atoms with Gasteiger partial charge in [0.05, 0.1) is 5.56 Å². The van der Waals surface area contributed by atoms with Crippen LogP contribution in [0.2, 0.25) is 0 Å². The van der Waals surface area contributed by atoms with Gasteiger partial charge in [0, 0.05) is 35.9 Å². The summed E-state index contributed by atoms with van der Waals surface area (Å²) in [5, 5.41) is 5.44. The summed E-state index contributed by atoms with van der Waals surface area (Å²) < 4.78 is 0. The predicted molar refractivity (Wildman–Crippen MR) is 78.9 cm³/mol. The number of hydrogen-bond acceptors (Lipinski definition) is 3. The predicted octanol–water partition coefficient (Wildman–Crippen LogP) is 2.31. The van der Waals surface area contributed by atoms with Crippen molar-refractivity contribution in [1.82, 2.24) is 10.2 Å². The van der Waals surface area contributed by atoms with Gasteiger partial charge in [0.15, 0.2) is 0 Å². The molecule has 1 N–H and O–H groups in total. The number of amides is 1. The zero-order chi connectivity index (χ0) is 13.4. The summed E-state index contributed by atoms with van der Waals surface area (Å²) >= 11 is 1.79. The highest BCUT2D eigenvalue weighted by Gasteiger charge is 2.29. The molecule has 2 aliphatic rings. The number of carbonyl (C=O) groups is 1. The van der Waals surface area contributed by atoms with Crippen molar-refractivity contribution in [2.24, 2.45) is 5.92 Å². The standard InChI is InChI=1S/C15H22N2OS/c1-10-3-4-12-13(9-19-14(12)7-10)15(18)17-6-5-16-8-11(17)2/h9-11,16H,3-8H2,1-2H3. The first-order valence-electron chi connectivity index (χ1n) is 7.27. The molecule has 4 heteroatoms. The van der Waals surface area contributed by atoms with Crippen LogP contribution in [0.25, 0.3) is 0 Å². The molecule has 0 saturated carbocycles. The number of carbonyl (C=O) groups excluding carboxylic acids is 1. The second-order valence-corrected chi connectivity index (χ2v) is 6.91. The topological polar surface area (TPSA) is 32.3 Å². The maximum atomic E-state index is 12.7. The minimum Gasteiger partial charge on any atom is -0.333 e. The first-order chi connectivity index (χ1) is 9.16. The fourth-order valence-corrected chi connectivity index (χ4v) is 4.39. The van der Waals surface area contributed by atoms with Gasteiger partial charge >= 0.3 is 0 Å². The minimum atomic E-state index is 0.251. The second kappa shape index (κ2) is 5.25. The van der Waals surface area contributed by atoms with Crippen LogP contribution in [-0.2, 0) is 12.8 Å². The lowest BCUT2D eigenvalue weighted by molar-refractivity contribution is 0.0655. The van der Waals surface area contributed by atoms with Gasteiger partial charge in [-0.3, -0.25) is 4.79 Å². The largest absolute Gasteiger partial charge is 0.333 e. The molecular formula is C15H22N2OS. The van der Waals surface area contributed by atoms with Crippen LogP contribution in [0.5, 0.6) is 0 Å². The van der Waals surface area contributed by atoms with E-state index in [2.05, 4.69) is 24.5 Å². The lowest BCUT2D eigenvalue weighted by atomic mass is 9.88. The fourth-order valence-electron chi connectivity index (χ4n) is 3.15. The summed E-state index contributed by atoms with van der Waals surface area (Å²) in [6, 6.07) is 0.305. The highest BCUT2D eigenvalue weighted by Crippen LogP contribution is 2.33. The molecule has 3 rings (SSSR count). The highest BCUT2D eigenvalue weighted by atomic mass is 32.1. The van der Waals surface area contributed by atoms with E-state index < -0.39 is 0 Å². The van der Waals surface area contributed by atoms with Crippen molar-refractivity contribution in [3.8, 4) is 0 Å². The molecule has 0 spiro atoms. The fraction of sp³-hybridized carbons (Fsp3) is 0.667. The Hall–Kier alpha value is -0.870.